The Bertz CT molecular complexity index is 293. The number of rotatable bonds is 14. The molecule has 0 atom stereocenters. The van der Waals surface area contributed by atoms with Gasteiger partial charge in [-0.3, -0.25) is 0 Å². The number of nitrogens with zero attached hydrogens (tertiary/aromatic N) is 3. The fourth-order valence-corrected chi connectivity index (χ4v) is 7.05. The van der Waals surface area contributed by atoms with Crippen molar-refractivity contribution >= 4 is 8.56 Å². The molecule has 0 aliphatic carbocycles. The van der Waals surface area contributed by atoms with E-state index in [1.54, 1.807) is 0 Å². The second-order valence-corrected chi connectivity index (χ2v) is 11.4. The van der Waals surface area contributed by atoms with E-state index in [0.717, 1.165) is 51.4 Å². The normalized spacial score (nSPS) is 13.5. The van der Waals surface area contributed by atoms with Gasteiger partial charge in [0.15, 0.2) is 0 Å². The maximum atomic E-state index is 6.21. The molecule has 0 aliphatic heterocycles. The van der Waals surface area contributed by atoms with Crippen molar-refractivity contribution in [3.05, 3.63) is 0 Å². The predicted octanol–water partition coefficient (Wildman–Crippen LogP) is 2.58. The Kier molecular flexibility index (Phi) is 11.6. The van der Waals surface area contributed by atoms with Crippen LogP contribution in [0.2, 0.25) is 12.1 Å². The first-order valence-electron chi connectivity index (χ1n) is 9.36. The second-order valence-electron chi connectivity index (χ2n) is 7.84. The summed E-state index contributed by atoms with van der Waals surface area (Å²) in [4.78, 5) is 6.97. The summed E-state index contributed by atoms with van der Waals surface area (Å²) in [7, 11) is 11.0. The minimum Gasteiger partial charge on any atom is -0.394 e. The Morgan fingerprint density at radius 3 is 1.33 bits per heavy atom. The van der Waals surface area contributed by atoms with Gasteiger partial charge in [0.2, 0.25) is 0 Å². The first kappa shape index (κ1) is 24.0. The molecule has 24 heavy (non-hydrogen) atoms. The van der Waals surface area contributed by atoms with Crippen LogP contribution in [0.4, 0.5) is 0 Å². The van der Waals surface area contributed by atoms with Crippen LogP contribution in [0.3, 0.4) is 0 Å². The summed E-state index contributed by atoms with van der Waals surface area (Å²) >= 11 is 0. The van der Waals surface area contributed by atoms with Crippen molar-refractivity contribution in [1.82, 2.24) is 14.7 Å². The summed E-state index contributed by atoms with van der Waals surface area (Å²) in [5.74, 6) is 0. The lowest BCUT2D eigenvalue weighted by Gasteiger charge is -2.42. The lowest BCUT2D eigenvalue weighted by atomic mass is 9.83. The Hall–Kier alpha value is 0.0169. The fraction of sp³-hybridized carbons (Fsp3) is 1.00. The molecule has 0 spiro atoms. The van der Waals surface area contributed by atoms with Gasteiger partial charge in [0.05, 0.1) is 0 Å². The molecular weight excluding hydrogens is 318 g/mol. The van der Waals surface area contributed by atoms with E-state index in [9.17, 15) is 0 Å². The summed E-state index contributed by atoms with van der Waals surface area (Å²) in [6, 6.07) is 2.09. The van der Waals surface area contributed by atoms with Crippen LogP contribution in [0.5, 0.6) is 0 Å². The number of hydrogen-bond acceptors (Lipinski definition) is 5. The highest BCUT2D eigenvalue weighted by Crippen LogP contribution is 2.32. The molecule has 6 heteroatoms. The van der Waals surface area contributed by atoms with Gasteiger partial charge in [-0.05, 0) is 74.6 Å². The van der Waals surface area contributed by atoms with Crippen LogP contribution < -0.4 is 0 Å². The van der Waals surface area contributed by atoms with E-state index in [1.165, 1.54) is 0 Å². The van der Waals surface area contributed by atoms with Crippen LogP contribution in [0.25, 0.3) is 0 Å². The molecule has 0 aliphatic rings. The molecule has 0 aromatic heterocycles. The standard InChI is InChI=1S/C18H43N3O2Si/c1-10-22-24(12-3,23-11-2)14-13-18(15-19(4)5,16-20(6)7)17-21(8)9/h10-17H2,1-9H3. The summed E-state index contributed by atoms with van der Waals surface area (Å²) in [5, 5.41) is 0. The molecular formula is C18H43N3O2Si. The van der Waals surface area contributed by atoms with Crippen molar-refractivity contribution in [2.45, 2.75) is 39.3 Å². The van der Waals surface area contributed by atoms with E-state index in [2.05, 4.69) is 77.8 Å². The summed E-state index contributed by atoms with van der Waals surface area (Å²) in [6.07, 6.45) is 1.14. The van der Waals surface area contributed by atoms with Crippen molar-refractivity contribution in [2.24, 2.45) is 5.41 Å². The third-order valence-corrected chi connectivity index (χ3v) is 8.06. The molecule has 146 valence electrons. The van der Waals surface area contributed by atoms with Gasteiger partial charge in [-0.25, -0.2) is 0 Å². The summed E-state index contributed by atoms with van der Waals surface area (Å²) < 4.78 is 12.4. The molecule has 0 aromatic rings. The maximum absolute atomic E-state index is 6.21. The summed E-state index contributed by atoms with van der Waals surface area (Å²) in [5.41, 5.74) is 0.220. The Labute approximate surface area is 152 Å². The zero-order chi connectivity index (χ0) is 18.8. The van der Waals surface area contributed by atoms with Gasteiger partial charge in [0.1, 0.15) is 0 Å². The highest BCUT2D eigenvalue weighted by atomic mass is 28.4. The Morgan fingerprint density at radius 1 is 0.708 bits per heavy atom. The van der Waals surface area contributed by atoms with Gasteiger partial charge >= 0.3 is 8.56 Å². The highest BCUT2D eigenvalue weighted by molar-refractivity contribution is 6.67. The third kappa shape index (κ3) is 8.92. The number of hydrogen-bond donors (Lipinski definition) is 0. The van der Waals surface area contributed by atoms with Crippen LogP contribution in [0, 0.1) is 5.41 Å². The monoisotopic (exact) mass is 361 g/mol. The highest BCUT2D eigenvalue weighted by Gasteiger charge is 2.40. The van der Waals surface area contributed by atoms with Crippen molar-refractivity contribution in [3.8, 4) is 0 Å². The molecule has 0 unspecified atom stereocenters. The smallest absolute Gasteiger partial charge is 0.337 e. The molecule has 0 saturated heterocycles. The van der Waals surface area contributed by atoms with E-state index >= 15 is 0 Å². The lowest BCUT2D eigenvalue weighted by Crippen LogP contribution is -2.50. The molecule has 0 rings (SSSR count). The average Bonchev–Trinajstić information content (AvgIpc) is 2.43. The van der Waals surface area contributed by atoms with Crippen LogP contribution in [-0.2, 0) is 8.85 Å². The van der Waals surface area contributed by atoms with Gasteiger partial charge in [0.25, 0.3) is 0 Å². The minimum atomic E-state index is -2.09. The lowest BCUT2D eigenvalue weighted by molar-refractivity contribution is 0.0941. The van der Waals surface area contributed by atoms with Crippen LogP contribution in [-0.4, -0.2) is 98.4 Å². The first-order valence-corrected chi connectivity index (χ1v) is 11.6. The van der Waals surface area contributed by atoms with E-state index in [1.807, 2.05) is 0 Å². The van der Waals surface area contributed by atoms with Gasteiger partial charge in [0, 0.05) is 38.3 Å². The van der Waals surface area contributed by atoms with Gasteiger partial charge in [-0.15, -0.1) is 0 Å². The zero-order valence-electron chi connectivity index (χ0n) is 17.8. The fourth-order valence-electron chi connectivity index (χ4n) is 3.95. The van der Waals surface area contributed by atoms with E-state index in [-0.39, 0.29) is 5.41 Å². The average molecular weight is 362 g/mol. The molecule has 5 nitrogen and oxygen atoms in total. The quantitative estimate of drug-likeness (QED) is 0.444. The van der Waals surface area contributed by atoms with Crippen LogP contribution in [0.1, 0.15) is 27.2 Å². The van der Waals surface area contributed by atoms with Gasteiger partial charge in [-0.1, -0.05) is 6.92 Å². The maximum Gasteiger partial charge on any atom is 0.337 e. The van der Waals surface area contributed by atoms with Crippen LogP contribution >= 0.6 is 0 Å². The Balaban J connectivity index is 5.37. The molecule has 0 N–H and O–H groups in total. The summed E-state index contributed by atoms with van der Waals surface area (Å²) in [6.45, 7) is 11.1. The van der Waals surface area contributed by atoms with Crippen molar-refractivity contribution in [3.63, 3.8) is 0 Å². The molecule has 0 heterocycles. The van der Waals surface area contributed by atoms with Crippen molar-refractivity contribution < 1.29 is 8.85 Å². The van der Waals surface area contributed by atoms with E-state index in [0.29, 0.717) is 0 Å². The van der Waals surface area contributed by atoms with Gasteiger partial charge < -0.3 is 23.6 Å². The SMILES string of the molecule is CCO[Si](CC)(CCC(CN(C)C)(CN(C)C)CN(C)C)OCC. The van der Waals surface area contributed by atoms with E-state index < -0.39 is 8.56 Å². The van der Waals surface area contributed by atoms with Crippen molar-refractivity contribution in [1.29, 1.82) is 0 Å². The zero-order valence-corrected chi connectivity index (χ0v) is 18.8. The molecule has 0 bridgehead atoms. The Morgan fingerprint density at radius 2 is 1.08 bits per heavy atom. The molecule has 0 aromatic carbocycles. The first-order chi connectivity index (χ1) is 11.1. The largest absolute Gasteiger partial charge is 0.394 e. The van der Waals surface area contributed by atoms with E-state index in [4.69, 9.17) is 8.85 Å². The van der Waals surface area contributed by atoms with Crippen molar-refractivity contribution in [2.75, 3.05) is 75.1 Å². The molecule has 0 fully saturated rings. The van der Waals surface area contributed by atoms with Gasteiger partial charge in [-0.2, -0.15) is 0 Å². The second kappa shape index (κ2) is 11.6. The predicted molar refractivity (Wildman–Crippen MR) is 107 cm³/mol. The molecule has 0 amide bonds. The topological polar surface area (TPSA) is 28.2 Å². The van der Waals surface area contributed by atoms with Crippen LogP contribution in [0.15, 0.2) is 0 Å². The molecule has 0 saturated carbocycles. The minimum absolute atomic E-state index is 0.220. The molecule has 0 radical (unpaired) electrons. The third-order valence-electron chi connectivity index (χ3n) is 4.34.